The summed E-state index contributed by atoms with van der Waals surface area (Å²) >= 11 is 0. The first-order valence-electron chi connectivity index (χ1n) is 15.6. The SMILES string of the molecule is [C-]#[N+]c1cc(-n2c3ccc(C(C)(C)C)cc3c3c4oc5ccccc5c4ccc32)cc(C#N)c1N(c1ccccc1)c1ccccc1. The lowest BCUT2D eigenvalue weighted by molar-refractivity contribution is 0.591. The van der Waals surface area contributed by atoms with Gasteiger partial charge in [-0.1, -0.05) is 81.4 Å². The molecule has 0 amide bonds. The van der Waals surface area contributed by atoms with Crippen molar-refractivity contribution < 1.29 is 4.42 Å². The van der Waals surface area contributed by atoms with E-state index in [2.05, 4.69) is 72.7 Å². The van der Waals surface area contributed by atoms with Crippen molar-refractivity contribution >= 4 is 66.5 Å². The van der Waals surface area contributed by atoms with Crippen molar-refractivity contribution in [2.75, 3.05) is 4.90 Å². The van der Waals surface area contributed by atoms with Crippen molar-refractivity contribution in [3.05, 3.63) is 150 Å². The number of anilines is 3. The van der Waals surface area contributed by atoms with Crippen LogP contribution in [-0.2, 0) is 5.41 Å². The zero-order valence-corrected chi connectivity index (χ0v) is 26.3. The molecule has 47 heavy (non-hydrogen) atoms. The molecule has 6 aromatic carbocycles. The van der Waals surface area contributed by atoms with Crippen LogP contribution in [0, 0.1) is 17.9 Å². The van der Waals surface area contributed by atoms with Crippen LogP contribution in [0.5, 0.6) is 0 Å². The van der Waals surface area contributed by atoms with Gasteiger partial charge in [-0.2, -0.15) is 5.26 Å². The summed E-state index contributed by atoms with van der Waals surface area (Å²) in [6.45, 7) is 15.0. The average molecular weight is 607 g/mol. The van der Waals surface area contributed by atoms with Gasteiger partial charge >= 0.3 is 0 Å². The Hall–Kier alpha value is -6.30. The zero-order chi connectivity index (χ0) is 32.3. The van der Waals surface area contributed by atoms with Crippen LogP contribution in [-0.4, -0.2) is 4.57 Å². The highest BCUT2D eigenvalue weighted by Crippen LogP contribution is 2.46. The van der Waals surface area contributed by atoms with Crippen LogP contribution in [0.2, 0.25) is 0 Å². The third kappa shape index (κ3) is 4.44. The van der Waals surface area contributed by atoms with Gasteiger partial charge in [-0.15, -0.1) is 0 Å². The van der Waals surface area contributed by atoms with Crippen LogP contribution in [0.3, 0.4) is 0 Å². The van der Waals surface area contributed by atoms with Crippen molar-refractivity contribution in [1.29, 1.82) is 5.26 Å². The second-order valence-corrected chi connectivity index (χ2v) is 12.8. The number of aromatic nitrogens is 1. The van der Waals surface area contributed by atoms with Crippen molar-refractivity contribution in [3.8, 4) is 11.8 Å². The second-order valence-electron chi connectivity index (χ2n) is 12.8. The van der Waals surface area contributed by atoms with E-state index in [1.807, 2.05) is 95.9 Å². The molecule has 0 atom stereocenters. The van der Waals surface area contributed by atoms with Crippen LogP contribution < -0.4 is 4.90 Å². The second kappa shape index (κ2) is 10.7. The van der Waals surface area contributed by atoms with Crippen LogP contribution >= 0.6 is 0 Å². The van der Waals surface area contributed by atoms with E-state index in [0.29, 0.717) is 16.9 Å². The van der Waals surface area contributed by atoms with Gasteiger partial charge in [-0.25, -0.2) is 4.85 Å². The van der Waals surface area contributed by atoms with Crippen molar-refractivity contribution in [1.82, 2.24) is 4.57 Å². The number of hydrogen-bond donors (Lipinski definition) is 0. The number of nitrogens with zero attached hydrogens (tertiary/aromatic N) is 4. The Morgan fingerprint density at radius 2 is 1.38 bits per heavy atom. The summed E-state index contributed by atoms with van der Waals surface area (Å²) < 4.78 is 8.73. The molecule has 0 radical (unpaired) electrons. The maximum Gasteiger partial charge on any atom is 0.214 e. The van der Waals surface area contributed by atoms with Gasteiger partial charge < -0.3 is 13.9 Å². The Balaban J connectivity index is 1.45. The minimum atomic E-state index is -0.0599. The molecule has 2 aromatic heterocycles. The predicted molar refractivity (Wildman–Crippen MR) is 192 cm³/mol. The molecule has 0 N–H and O–H groups in total. The third-order valence-electron chi connectivity index (χ3n) is 8.96. The lowest BCUT2D eigenvalue weighted by Crippen LogP contribution is -2.12. The number of hydrogen-bond acceptors (Lipinski definition) is 3. The van der Waals surface area contributed by atoms with E-state index in [4.69, 9.17) is 11.0 Å². The topological polar surface area (TPSA) is 49.5 Å². The molecule has 5 heteroatoms. The summed E-state index contributed by atoms with van der Waals surface area (Å²) in [5.74, 6) is 0. The van der Waals surface area contributed by atoms with E-state index in [9.17, 15) is 5.26 Å². The fourth-order valence-corrected chi connectivity index (χ4v) is 6.73. The highest BCUT2D eigenvalue weighted by Gasteiger charge is 2.25. The Kier molecular flexibility index (Phi) is 6.39. The summed E-state index contributed by atoms with van der Waals surface area (Å²) in [6.07, 6.45) is 0. The first-order valence-corrected chi connectivity index (χ1v) is 15.6. The molecule has 8 rings (SSSR count). The summed E-state index contributed by atoms with van der Waals surface area (Å²) in [5.41, 5.74) is 8.60. The molecule has 0 fully saturated rings. The standard InChI is InChI=1S/C42H30N4O/c1-42(2,3)28-19-21-36-34(24-28)39-37(22-20-33-32-17-11-12-18-38(32)47-41(33)39)46(36)31-23-27(26-43)40(35(25-31)44-4)45(29-13-7-5-8-14-29)30-15-9-6-10-16-30/h5-25H,1-3H3. The molecule has 8 aromatic rings. The van der Waals surface area contributed by atoms with E-state index in [-0.39, 0.29) is 5.41 Å². The van der Waals surface area contributed by atoms with E-state index in [1.165, 1.54) is 5.56 Å². The molecule has 5 nitrogen and oxygen atoms in total. The molecule has 0 spiro atoms. The molecule has 0 aliphatic carbocycles. The van der Waals surface area contributed by atoms with Crippen molar-refractivity contribution in [3.63, 3.8) is 0 Å². The van der Waals surface area contributed by atoms with E-state index in [0.717, 1.165) is 60.8 Å². The number of furan rings is 1. The number of rotatable bonds is 4. The number of para-hydroxylation sites is 3. The van der Waals surface area contributed by atoms with Crippen molar-refractivity contribution in [2.45, 2.75) is 26.2 Å². The van der Waals surface area contributed by atoms with Gasteiger partial charge in [0.15, 0.2) is 0 Å². The largest absolute Gasteiger partial charge is 0.455 e. The fraction of sp³-hybridized carbons (Fsp3) is 0.0952. The number of benzene rings is 6. The highest BCUT2D eigenvalue weighted by molar-refractivity contribution is 6.24. The molecular weight excluding hydrogens is 576 g/mol. The quantitative estimate of drug-likeness (QED) is 0.187. The Bertz CT molecular complexity index is 2500. The summed E-state index contributed by atoms with van der Waals surface area (Å²) in [6, 6.07) is 45.0. The molecule has 0 saturated heterocycles. The molecule has 224 valence electrons. The van der Waals surface area contributed by atoms with Gasteiger partial charge in [0, 0.05) is 33.2 Å². The van der Waals surface area contributed by atoms with E-state index in [1.54, 1.807) is 0 Å². The average Bonchev–Trinajstić information content (AvgIpc) is 3.64. The zero-order valence-electron chi connectivity index (χ0n) is 26.3. The molecule has 2 heterocycles. The van der Waals surface area contributed by atoms with Gasteiger partial charge in [-0.05, 0) is 77.7 Å². The molecule has 0 bridgehead atoms. The fourth-order valence-electron chi connectivity index (χ4n) is 6.73. The van der Waals surface area contributed by atoms with Gasteiger partial charge in [0.25, 0.3) is 0 Å². The highest BCUT2D eigenvalue weighted by atomic mass is 16.3. The first-order chi connectivity index (χ1) is 22.9. The molecular formula is C42H30N4O. The molecule has 0 unspecified atom stereocenters. The van der Waals surface area contributed by atoms with Gasteiger partial charge in [0.05, 0.1) is 34.2 Å². The van der Waals surface area contributed by atoms with E-state index >= 15 is 0 Å². The van der Waals surface area contributed by atoms with Crippen LogP contribution in [0.1, 0.15) is 31.9 Å². The lowest BCUT2D eigenvalue weighted by Gasteiger charge is -2.28. The van der Waals surface area contributed by atoms with Crippen molar-refractivity contribution in [2.24, 2.45) is 0 Å². The normalized spacial score (nSPS) is 11.7. The van der Waals surface area contributed by atoms with Gasteiger partial charge in [0.2, 0.25) is 5.69 Å². The molecule has 0 aliphatic heterocycles. The van der Waals surface area contributed by atoms with E-state index < -0.39 is 0 Å². The molecule has 0 aliphatic rings. The van der Waals surface area contributed by atoms with Crippen LogP contribution in [0.15, 0.2) is 132 Å². The summed E-state index contributed by atoms with van der Waals surface area (Å²) in [7, 11) is 0. The van der Waals surface area contributed by atoms with Crippen LogP contribution in [0.25, 0.3) is 54.3 Å². The Labute approximate surface area is 272 Å². The maximum absolute atomic E-state index is 10.7. The van der Waals surface area contributed by atoms with Gasteiger partial charge in [0.1, 0.15) is 17.2 Å². The number of fused-ring (bicyclic) bond motifs is 7. The molecule has 0 saturated carbocycles. The lowest BCUT2D eigenvalue weighted by atomic mass is 9.86. The third-order valence-corrected chi connectivity index (χ3v) is 8.96. The van der Waals surface area contributed by atoms with Crippen LogP contribution in [0.4, 0.5) is 22.7 Å². The minimum absolute atomic E-state index is 0.0599. The first kappa shape index (κ1) is 28.2. The summed E-state index contributed by atoms with van der Waals surface area (Å²) in [5, 5.41) is 14.9. The van der Waals surface area contributed by atoms with Gasteiger partial charge in [-0.3, -0.25) is 0 Å². The Morgan fingerprint density at radius 1 is 0.723 bits per heavy atom. The maximum atomic E-state index is 10.7. The smallest absolute Gasteiger partial charge is 0.214 e. The minimum Gasteiger partial charge on any atom is -0.455 e. The monoisotopic (exact) mass is 606 g/mol. The number of nitriles is 1. The predicted octanol–water partition coefficient (Wildman–Crippen LogP) is 11.9. The Morgan fingerprint density at radius 3 is 2.04 bits per heavy atom. The summed E-state index contributed by atoms with van der Waals surface area (Å²) in [4.78, 5) is 6.03.